The zero-order valence-corrected chi connectivity index (χ0v) is 25.9. The fourth-order valence-electron chi connectivity index (χ4n) is 6.54. The number of rotatable bonds is 9. The van der Waals surface area contributed by atoms with Gasteiger partial charge in [0.1, 0.15) is 11.6 Å². The first kappa shape index (κ1) is 29.7. The Morgan fingerprint density at radius 2 is 1.78 bits per heavy atom. The number of likely N-dealkylation sites (N-methyl/N-ethyl adjacent to an activating group) is 1. The van der Waals surface area contributed by atoms with Crippen molar-refractivity contribution in [2.24, 2.45) is 5.92 Å². The van der Waals surface area contributed by atoms with Crippen LogP contribution in [0.15, 0.2) is 36.7 Å². The van der Waals surface area contributed by atoms with Crippen molar-refractivity contribution in [3.8, 4) is 11.1 Å². The monoisotopic (exact) mass is 562 g/mol. The maximum Gasteiger partial charge on any atom is 0.254 e. The summed E-state index contributed by atoms with van der Waals surface area (Å²) in [7, 11) is 2.21. The molecule has 7 nitrogen and oxygen atoms in total. The van der Waals surface area contributed by atoms with Crippen LogP contribution >= 0.6 is 0 Å². The Hall–Kier alpha value is -2.81. The first-order valence-corrected chi connectivity index (χ1v) is 15.3. The first-order chi connectivity index (χ1) is 19.6. The average Bonchev–Trinajstić information content (AvgIpc) is 3.28. The van der Waals surface area contributed by atoms with Crippen LogP contribution in [0, 0.1) is 18.7 Å². The van der Waals surface area contributed by atoms with Gasteiger partial charge in [-0.05, 0) is 70.0 Å². The lowest BCUT2D eigenvalue weighted by molar-refractivity contribution is 0.0296. The third-order valence-electron chi connectivity index (χ3n) is 9.23. The van der Waals surface area contributed by atoms with Crippen molar-refractivity contribution in [1.82, 2.24) is 29.0 Å². The summed E-state index contributed by atoms with van der Waals surface area (Å²) in [6.07, 6.45) is 4.08. The molecule has 0 unspecified atom stereocenters. The van der Waals surface area contributed by atoms with Gasteiger partial charge < -0.3 is 14.2 Å². The summed E-state index contributed by atoms with van der Waals surface area (Å²) >= 11 is 0. The van der Waals surface area contributed by atoms with E-state index < -0.39 is 5.82 Å². The molecule has 5 rings (SSSR count). The lowest BCUT2D eigenvalue weighted by Crippen LogP contribution is -2.58. The number of hydrogen-bond donors (Lipinski definition) is 0. The number of carbonyl (C=O) groups is 1. The molecule has 0 radical (unpaired) electrons. The summed E-state index contributed by atoms with van der Waals surface area (Å²) in [5.74, 6) is 1.34. The van der Waals surface area contributed by atoms with Gasteiger partial charge in [-0.15, -0.1) is 0 Å². The zero-order valence-electron chi connectivity index (χ0n) is 25.9. The van der Waals surface area contributed by atoms with Crippen LogP contribution in [0.4, 0.5) is 4.39 Å². The normalized spacial score (nSPS) is 18.4. The second-order valence-electron chi connectivity index (χ2n) is 12.7. The van der Waals surface area contributed by atoms with E-state index in [1.54, 1.807) is 11.0 Å². The molecule has 1 aromatic carbocycles. The van der Waals surface area contributed by atoms with Crippen LogP contribution in [0.2, 0.25) is 0 Å². The molecule has 3 aromatic rings. The number of benzene rings is 1. The maximum atomic E-state index is 14.6. The van der Waals surface area contributed by atoms with E-state index in [9.17, 15) is 9.18 Å². The van der Waals surface area contributed by atoms with E-state index in [0.717, 1.165) is 68.3 Å². The summed E-state index contributed by atoms with van der Waals surface area (Å²) in [5, 5.41) is 0. The van der Waals surface area contributed by atoms with Crippen LogP contribution in [0.5, 0.6) is 0 Å². The summed E-state index contributed by atoms with van der Waals surface area (Å²) in [5.41, 5.74) is 4.27. The Bertz CT molecular complexity index is 1370. The highest BCUT2D eigenvalue weighted by Gasteiger charge is 2.36. The van der Waals surface area contributed by atoms with Crippen LogP contribution in [0.25, 0.3) is 16.6 Å². The highest BCUT2D eigenvalue weighted by atomic mass is 19.1. The summed E-state index contributed by atoms with van der Waals surface area (Å²) in [6, 6.07) is 7.39. The lowest BCUT2D eigenvalue weighted by atomic mass is 9.86. The lowest BCUT2D eigenvalue weighted by Gasteiger charge is -2.48. The number of aryl methyl sites for hydroxylation is 1. The van der Waals surface area contributed by atoms with Crippen LogP contribution in [-0.4, -0.2) is 106 Å². The average molecular weight is 563 g/mol. The molecular weight excluding hydrogens is 515 g/mol. The van der Waals surface area contributed by atoms with Gasteiger partial charge in [-0.1, -0.05) is 19.9 Å². The van der Waals surface area contributed by atoms with E-state index in [-0.39, 0.29) is 11.9 Å². The summed E-state index contributed by atoms with van der Waals surface area (Å²) in [4.78, 5) is 27.8. The van der Waals surface area contributed by atoms with Crippen molar-refractivity contribution < 1.29 is 9.18 Å². The van der Waals surface area contributed by atoms with Crippen molar-refractivity contribution in [1.29, 1.82) is 0 Å². The molecule has 41 heavy (non-hydrogen) atoms. The number of likely N-dealkylation sites (tertiary alicyclic amines) is 1. The maximum absolute atomic E-state index is 14.6. The summed E-state index contributed by atoms with van der Waals surface area (Å²) < 4.78 is 16.7. The SMILES string of the molecule is CCN(C(=O)c1cc(F)ccc1-c1cc(C2CN([C@@H](CN3CCN(C)CC3)C(C)C)C2)cn2c(C)ncc12)C(C)C. The number of amides is 1. The van der Waals surface area contributed by atoms with E-state index in [1.165, 1.54) is 17.7 Å². The van der Waals surface area contributed by atoms with Gasteiger partial charge in [0.2, 0.25) is 0 Å². The van der Waals surface area contributed by atoms with E-state index in [0.29, 0.717) is 30.0 Å². The standard InChI is InChI=1S/C33H47FN6O/c1-8-39(23(4)5)33(41)30-16-27(34)9-10-28(30)29-15-25(20-40-24(6)35-17-31(29)40)26-18-38(19-26)32(22(2)3)21-37-13-11-36(7)12-14-37/h9-10,15-17,20,22-23,26,32H,8,11-14,18-19,21H2,1-7H3/t32-/m0/s1. The van der Waals surface area contributed by atoms with Crippen molar-refractivity contribution in [2.75, 3.05) is 59.4 Å². The molecule has 0 bridgehead atoms. The number of nitrogens with zero attached hydrogens (tertiary/aromatic N) is 6. The Balaban J connectivity index is 1.45. The Labute approximate surface area is 244 Å². The van der Waals surface area contributed by atoms with Gasteiger partial charge in [0.05, 0.1) is 17.3 Å². The molecule has 1 atom stereocenters. The van der Waals surface area contributed by atoms with Gasteiger partial charge in [-0.25, -0.2) is 9.37 Å². The van der Waals surface area contributed by atoms with Crippen molar-refractivity contribution in [3.05, 3.63) is 59.4 Å². The third kappa shape index (κ3) is 6.06. The number of carbonyl (C=O) groups excluding carboxylic acids is 1. The molecular formula is C33H47FN6O. The van der Waals surface area contributed by atoms with Crippen molar-refractivity contribution in [3.63, 3.8) is 0 Å². The predicted octanol–water partition coefficient (Wildman–Crippen LogP) is 4.99. The fraction of sp³-hybridized carbons (Fsp3) is 0.576. The number of halogens is 1. The Morgan fingerprint density at radius 3 is 2.41 bits per heavy atom. The molecule has 222 valence electrons. The van der Waals surface area contributed by atoms with Gasteiger partial charge >= 0.3 is 0 Å². The molecule has 0 spiro atoms. The number of aromatic nitrogens is 2. The summed E-state index contributed by atoms with van der Waals surface area (Å²) in [6.45, 7) is 20.9. The van der Waals surface area contributed by atoms with Gasteiger partial charge in [0, 0.05) is 82.1 Å². The number of imidazole rings is 1. The molecule has 8 heteroatoms. The fourth-order valence-corrected chi connectivity index (χ4v) is 6.54. The number of piperazine rings is 1. The second kappa shape index (κ2) is 12.2. The number of hydrogen-bond acceptors (Lipinski definition) is 5. The number of fused-ring (bicyclic) bond motifs is 1. The smallest absolute Gasteiger partial charge is 0.254 e. The predicted molar refractivity (Wildman–Crippen MR) is 164 cm³/mol. The molecule has 0 aliphatic carbocycles. The van der Waals surface area contributed by atoms with Crippen LogP contribution in [-0.2, 0) is 0 Å². The minimum absolute atomic E-state index is 0.0212. The third-order valence-corrected chi connectivity index (χ3v) is 9.23. The molecule has 2 saturated heterocycles. The van der Waals surface area contributed by atoms with Crippen molar-refractivity contribution >= 4 is 11.4 Å². The number of pyridine rings is 1. The quantitative estimate of drug-likeness (QED) is 0.368. The topological polar surface area (TPSA) is 47.3 Å². The molecule has 4 heterocycles. The van der Waals surface area contributed by atoms with Gasteiger partial charge in [-0.3, -0.25) is 14.6 Å². The molecule has 0 N–H and O–H groups in total. The first-order valence-electron chi connectivity index (χ1n) is 15.3. The second-order valence-corrected chi connectivity index (χ2v) is 12.7. The zero-order chi connectivity index (χ0) is 29.4. The van der Waals surface area contributed by atoms with Crippen LogP contribution in [0.1, 0.15) is 62.3 Å². The van der Waals surface area contributed by atoms with Crippen LogP contribution < -0.4 is 0 Å². The Morgan fingerprint density at radius 1 is 1.07 bits per heavy atom. The minimum Gasteiger partial charge on any atom is -0.336 e. The van der Waals surface area contributed by atoms with Gasteiger partial charge in [-0.2, -0.15) is 0 Å². The molecule has 1 amide bonds. The molecule has 2 aliphatic heterocycles. The highest BCUT2D eigenvalue weighted by Crippen LogP contribution is 2.37. The van der Waals surface area contributed by atoms with Crippen LogP contribution in [0.3, 0.4) is 0 Å². The molecule has 2 aromatic heterocycles. The molecule has 2 aliphatic rings. The van der Waals surface area contributed by atoms with E-state index >= 15 is 0 Å². The minimum atomic E-state index is -0.400. The molecule has 2 fully saturated rings. The Kier molecular flexibility index (Phi) is 8.83. The van der Waals surface area contributed by atoms with Gasteiger partial charge in [0.25, 0.3) is 5.91 Å². The van der Waals surface area contributed by atoms with Gasteiger partial charge in [0.15, 0.2) is 0 Å². The van der Waals surface area contributed by atoms with E-state index in [1.807, 2.05) is 33.9 Å². The largest absolute Gasteiger partial charge is 0.336 e. The highest BCUT2D eigenvalue weighted by molar-refractivity contribution is 6.03. The molecule has 0 saturated carbocycles. The van der Waals surface area contributed by atoms with E-state index in [4.69, 9.17) is 0 Å². The van der Waals surface area contributed by atoms with E-state index in [2.05, 4.69) is 57.2 Å². The van der Waals surface area contributed by atoms with Crippen molar-refractivity contribution in [2.45, 2.75) is 59.5 Å².